The Kier molecular flexibility index (Phi) is 5.29. The third kappa shape index (κ3) is 3.90. The lowest BCUT2D eigenvalue weighted by atomic mass is 10.3. The average molecular weight is 293 g/mol. The Morgan fingerprint density at radius 3 is 3.05 bits per heavy atom. The summed E-state index contributed by atoms with van der Waals surface area (Å²) in [6.45, 7) is 5.98. The number of rotatable bonds is 5. The fraction of sp³-hybridized carbons (Fsp3) is 0.429. The van der Waals surface area contributed by atoms with Crippen LogP contribution in [-0.4, -0.2) is 36.0 Å². The number of nitrogens with one attached hydrogen (secondary N) is 2. The molecule has 5 nitrogen and oxygen atoms in total. The van der Waals surface area contributed by atoms with E-state index in [2.05, 4.69) is 15.6 Å². The number of carbonyl (C=O) groups excluding carboxylic acids is 1. The Labute approximate surface area is 123 Å². The fourth-order valence-corrected chi connectivity index (χ4v) is 2.61. The van der Waals surface area contributed by atoms with Crippen LogP contribution in [0, 0.1) is 0 Å². The molecule has 1 heterocycles. The van der Waals surface area contributed by atoms with Crippen LogP contribution in [0.4, 0.5) is 5.69 Å². The summed E-state index contributed by atoms with van der Waals surface area (Å²) >= 11 is 1.44. The molecule has 1 aliphatic rings. The quantitative estimate of drug-likeness (QED) is 0.873. The monoisotopic (exact) mass is 293 g/mol. The largest absolute Gasteiger partial charge is 0.492 e. The minimum Gasteiger partial charge on any atom is -0.492 e. The van der Waals surface area contributed by atoms with Crippen molar-refractivity contribution in [3.8, 4) is 5.75 Å². The first kappa shape index (κ1) is 14.7. The Morgan fingerprint density at radius 2 is 2.35 bits per heavy atom. The van der Waals surface area contributed by atoms with Crippen LogP contribution in [0.5, 0.6) is 5.75 Å². The topological polar surface area (TPSA) is 62.7 Å². The van der Waals surface area contributed by atoms with E-state index in [4.69, 9.17) is 4.74 Å². The Hall–Kier alpha value is -1.69. The first-order chi connectivity index (χ1) is 9.70. The number of benzene rings is 1. The van der Waals surface area contributed by atoms with Crippen molar-refractivity contribution in [2.75, 3.05) is 25.0 Å². The summed E-state index contributed by atoms with van der Waals surface area (Å²) in [5.41, 5.74) is 0.702. The van der Waals surface area contributed by atoms with E-state index >= 15 is 0 Å². The van der Waals surface area contributed by atoms with Gasteiger partial charge in [-0.3, -0.25) is 9.79 Å². The minimum atomic E-state index is -0.214. The highest BCUT2D eigenvalue weighted by Crippen LogP contribution is 2.25. The molecule has 20 heavy (non-hydrogen) atoms. The van der Waals surface area contributed by atoms with Crippen molar-refractivity contribution < 1.29 is 9.53 Å². The number of anilines is 1. The zero-order valence-corrected chi connectivity index (χ0v) is 12.5. The SMILES string of the molecule is CCOc1ccccc1NC(=O)C(C)SC1=NCCN1. The Morgan fingerprint density at radius 1 is 1.55 bits per heavy atom. The lowest BCUT2D eigenvalue weighted by Crippen LogP contribution is -2.26. The Balaban J connectivity index is 1.96. The predicted molar refractivity (Wildman–Crippen MR) is 83.6 cm³/mol. The van der Waals surface area contributed by atoms with E-state index < -0.39 is 0 Å². The molecule has 0 saturated heterocycles. The van der Waals surface area contributed by atoms with Crippen molar-refractivity contribution in [3.05, 3.63) is 24.3 Å². The molecular formula is C14H19N3O2S. The van der Waals surface area contributed by atoms with Crippen molar-refractivity contribution in [1.29, 1.82) is 0 Å². The molecule has 6 heteroatoms. The second kappa shape index (κ2) is 7.19. The summed E-state index contributed by atoms with van der Waals surface area (Å²) in [7, 11) is 0. The molecule has 2 N–H and O–H groups in total. The van der Waals surface area contributed by atoms with Gasteiger partial charge in [0.05, 0.1) is 24.1 Å². The highest BCUT2D eigenvalue weighted by Gasteiger charge is 2.19. The molecule has 0 radical (unpaired) electrons. The van der Waals surface area contributed by atoms with E-state index in [1.54, 1.807) is 0 Å². The molecule has 1 amide bonds. The molecular weight excluding hydrogens is 274 g/mol. The van der Waals surface area contributed by atoms with Crippen molar-refractivity contribution in [3.63, 3.8) is 0 Å². The van der Waals surface area contributed by atoms with Gasteiger partial charge < -0.3 is 15.4 Å². The van der Waals surface area contributed by atoms with Crippen LogP contribution >= 0.6 is 11.8 Å². The summed E-state index contributed by atoms with van der Waals surface area (Å²) in [6, 6.07) is 7.44. The van der Waals surface area contributed by atoms with Gasteiger partial charge in [-0.1, -0.05) is 23.9 Å². The van der Waals surface area contributed by atoms with Gasteiger partial charge in [0.2, 0.25) is 5.91 Å². The van der Waals surface area contributed by atoms with Crippen molar-refractivity contribution in [1.82, 2.24) is 5.32 Å². The van der Waals surface area contributed by atoms with E-state index in [1.165, 1.54) is 11.8 Å². The first-order valence-corrected chi connectivity index (χ1v) is 7.56. The van der Waals surface area contributed by atoms with Gasteiger partial charge in [-0.15, -0.1) is 0 Å². The van der Waals surface area contributed by atoms with Gasteiger partial charge >= 0.3 is 0 Å². The number of aliphatic imine (C=N–C) groups is 1. The molecule has 0 aromatic heterocycles. The number of hydrogen-bond acceptors (Lipinski definition) is 5. The first-order valence-electron chi connectivity index (χ1n) is 6.68. The minimum absolute atomic E-state index is 0.0569. The van der Waals surface area contributed by atoms with Gasteiger partial charge in [-0.2, -0.15) is 0 Å². The molecule has 0 saturated carbocycles. The van der Waals surface area contributed by atoms with Gasteiger partial charge in [0.25, 0.3) is 0 Å². The second-order valence-corrected chi connectivity index (χ2v) is 5.62. The van der Waals surface area contributed by atoms with E-state index in [0.717, 1.165) is 18.3 Å². The zero-order valence-electron chi connectivity index (χ0n) is 11.7. The van der Waals surface area contributed by atoms with Crippen LogP contribution in [-0.2, 0) is 4.79 Å². The Bertz CT molecular complexity index is 505. The standard InChI is InChI=1S/C14H19N3O2S/c1-3-19-12-7-5-4-6-11(12)17-13(18)10(2)20-14-15-8-9-16-14/h4-7,10H,3,8-9H2,1-2H3,(H,15,16)(H,17,18). The number of amidine groups is 1. The molecule has 1 aromatic rings. The lowest BCUT2D eigenvalue weighted by Gasteiger charge is -2.14. The molecule has 1 aromatic carbocycles. The third-order valence-electron chi connectivity index (χ3n) is 2.75. The number of carbonyl (C=O) groups is 1. The number of nitrogens with zero attached hydrogens (tertiary/aromatic N) is 1. The van der Waals surface area contributed by atoms with Gasteiger partial charge in [-0.05, 0) is 26.0 Å². The number of ether oxygens (including phenoxy) is 1. The molecule has 2 rings (SSSR count). The van der Waals surface area contributed by atoms with Gasteiger partial charge in [0, 0.05) is 6.54 Å². The predicted octanol–water partition coefficient (Wildman–Crippen LogP) is 2.10. The van der Waals surface area contributed by atoms with Gasteiger partial charge in [-0.25, -0.2) is 0 Å². The molecule has 108 valence electrons. The maximum absolute atomic E-state index is 12.2. The zero-order chi connectivity index (χ0) is 14.4. The molecule has 1 aliphatic heterocycles. The molecule has 0 aliphatic carbocycles. The molecule has 0 fully saturated rings. The maximum Gasteiger partial charge on any atom is 0.237 e. The fourth-order valence-electron chi connectivity index (χ4n) is 1.76. The highest BCUT2D eigenvalue weighted by molar-refractivity contribution is 8.14. The van der Waals surface area contributed by atoms with Crippen LogP contribution < -0.4 is 15.4 Å². The van der Waals surface area contributed by atoms with Crippen LogP contribution in [0.1, 0.15) is 13.8 Å². The summed E-state index contributed by atoms with van der Waals surface area (Å²) in [4.78, 5) is 16.5. The lowest BCUT2D eigenvalue weighted by molar-refractivity contribution is -0.115. The maximum atomic E-state index is 12.2. The van der Waals surface area contributed by atoms with Crippen LogP contribution in [0.2, 0.25) is 0 Å². The summed E-state index contributed by atoms with van der Waals surface area (Å²) in [6.07, 6.45) is 0. The number of hydrogen-bond donors (Lipinski definition) is 2. The summed E-state index contributed by atoms with van der Waals surface area (Å²) in [5, 5.41) is 6.67. The van der Waals surface area contributed by atoms with Crippen molar-refractivity contribution in [2.45, 2.75) is 19.1 Å². The van der Waals surface area contributed by atoms with E-state index in [9.17, 15) is 4.79 Å². The highest BCUT2D eigenvalue weighted by atomic mass is 32.2. The average Bonchev–Trinajstić information content (AvgIpc) is 2.94. The molecule has 0 spiro atoms. The van der Waals surface area contributed by atoms with Gasteiger partial charge in [0.1, 0.15) is 5.75 Å². The van der Waals surface area contributed by atoms with Crippen molar-refractivity contribution in [2.24, 2.45) is 4.99 Å². The van der Waals surface area contributed by atoms with Crippen LogP contribution in [0.15, 0.2) is 29.3 Å². The smallest absolute Gasteiger partial charge is 0.237 e. The summed E-state index contributed by atoms with van der Waals surface area (Å²) in [5.74, 6) is 0.635. The third-order valence-corrected chi connectivity index (χ3v) is 3.81. The van der Waals surface area contributed by atoms with Gasteiger partial charge in [0.15, 0.2) is 5.17 Å². The van der Waals surface area contributed by atoms with Crippen LogP contribution in [0.3, 0.4) is 0 Å². The number of thioether (sulfide) groups is 1. The van der Waals surface area contributed by atoms with E-state index in [0.29, 0.717) is 18.0 Å². The van der Waals surface area contributed by atoms with Crippen molar-refractivity contribution >= 4 is 28.5 Å². The number of amides is 1. The summed E-state index contributed by atoms with van der Waals surface area (Å²) < 4.78 is 5.49. The van der Waals surface area contributed by atoms with E-state index in [1.807, 2.05) is 38.1 Å². The molecule has 0 bridgehead atoms. The normalized spacial score (nSPS) is 15.2. The second-order valence-electron chi connectivity index (χ2n) is 4.29. The molecule has 1 atom stereocenters. The molecule has 1 unspecified atom stereocenters. The van der Waals surface area contributed by atoms with Crippen LogP contribution in [0.25, 0.3) is 0 Å². The van der Waals surface area contributed by atoms with E-state index in [-0.39, 0.29) is 11.2 Å². The number of para-hydroxylation sites is 2.